The monoisotopic (exact) mass is 417 g/mol. The van der Waals surface area contributed by atoms with Crippen LogP contribution in [0.1, 0.15) is 25.7 Å². The number of hydrogen-bond donors (Lipinski definition) is 2. The molecular formula is C13H15BrF3NO4S. The molecule has 1 saturated carbocycles. The topological polar surface area (TPSA) is 75.6 Å². The minimum absolute atomic E-state index is 0.312. The first-order valence-corrected chi connectivity index (χ1v) is 9.10. The molecule has 0 spiro atoms. The number of rotatable bonds is 4. The maximum absolute atomic E-state index is 12.4. The molecule has 0 heterocycles. The summed E-state index contributed by atoms with van der Waals surface area (Å²) in [5.41, 5.74) is 0. The number of sulfonamides is 1. The van der Waals surface area contributed by atoms with E-state index in [1.807, 2.05) is 0 Å². The summed E-state index contributed by atoms with van der Waals surface area (Å²) in [4.78, 5) is -0.588. The van der Waals surface area contributed by atoms with E-state index >= 15 is 0 Å². The molecule has 0 aliphatic heterocycles. The van der Waals surface area contributed by atoms with Crippen LogP contribution in [0.25, 0.3) is 0 Å². The zero-order valence-corrected chi connectivity index (χ0v) is 14.2. The second kappa shape index (κ2) is 6.96. The van der Waals surface area contributed by atoms with Crippen LogP contribution in [0, 0.1) is 0 Å². The third kappa shape index (κ3) is 5.33. The lowest BCUT2D eigenvalue weighted by atomic mass is 9.94. The summed E-state index contributed by atoms with van der Waals surface area (Å²) < 4.78 is 68.6. The summed E-state index contributed by atoms with van der Waals surface area (Å²) in [6, 6.07) is 2.83. The average molecular weight is 418 g/mol. The van der Waals surface area contributed by atoms with Crippen LogP contribution >= 0.6 is 15.9 Å². The molecule has 0 saturated heterocycles. The lowest BCUT2D eigenvalue weighted by Crippen LogP contribution is -2.38. The van der Waals surface area contributed by atoms with Gasteiger partial charge in [0, 0.05) is 10.5 Å². The Morgan fingerprint density at radius 2 is 1.83 bits per heavy atom. The molecule has 0 aromatic heterocycles. The highest BCUT2D eigenvalue weighted by atomic mass is 79.9. The van der Waals surface area contributed by atoms with Gasteiger partial charge in [0.2, 0.25) is 10.0 Å². The van der Waals surface area contributed by atoms with Gasteiger partial charge < -0.3 is 9.84 Å². The molecule has 10 heteroatoms. The molecule has 130 valence electrons. The van der Waals surface area contributed by atoms with E-state index in [2.05, 4.69) is 25.4 Å². The lowest BCUT2D eigenvalue weighted by molar-refractivity contribution is -0.275. The Balaban J connectivity index is 2.26. The first-order valence-electron chi connectivity index (χ1n) is 6.82. The molecule has 0 atom stereocenters. The van der Waals surface area contributed by atoms with E-state index in [0.717, 1.165) is 12.1 Å². The second-order valence-corrected chi connectivity index (χ2v) is 7.86. The molecule has 1 aromatic carbocycles. The number of aliphatic hydroxyl groups excluding tert-OH is 1. The second-order valence-electron chi connectivity index (χ2n) is 5.27. The van der Waals surface area contributed by atoms with Crippen LogP contribution in [0.4, 0.5) is 13.2 Å². The first-order chi connectivity index (χ1) is 10.6. The van der Waals surface area contributed by atoms with E-state index < -0.39 is 39.2 Å². The van der Waals surface area contributed by atoms with E-state index in [4.69, 9.17) is 0 Å². The van der Waals surface area contributed by atoms with Crippen molar-refractivity contribution in [1.82, 2.24) is 4.72 Å². The fourth-order valence-electron chi connectivity index (χ4n) is 2.38. The number of alkyl halides is 3. The van der Waals surface area contributed by atoms with Gasteiger partial charge in [0.1, 0.15) is 10.6 Å². The quantitative estimate of drug-likeness (QED) is 0.789. The van der Waals surface area contributed by atoms with Crippen molar-refractivity contribution in [2.75, 3.05) is 0 Å². The summed E-state index contributed by atoms with van der Waals surface area (Å²) in [5, 5.41) is 9.42. The maximum Gasteiger partial charge on any atom is 0.573 e. The minimum atomic E-state index is -4.99. The highest BCUT2D eigenvalue weighted by Crippen LogP contribution is 2.32. The van der Waals surface area contributed by atoms with Gasteiger partial charge in [0.25, 0.3) is 0 Å². The van der Waals surface area contributed by atoms with Crippen molar-refractivity contribution in [3.05, 3.63) is 22.7 Å². The van der Waals surface area contributed by atoms with Crippen molar-refractivity contribution in [1.29, 1.82) is 0 Å². The molecule has 1 aliphatic rings. The van der Waals surface area contributed by atoms with E-state index in [1.54, 1.807) is 0 Å². The van der Waals surface area contributed by atoms with Crippen LogP contribution in [-0.4, -0.2) is 32.0 Å². The molecule has 1 fully saturated rings. The minimum Gasteiger partial charge on any atom is -0.404 e. The number of benzene rings is 1. The number of hydrogen-bond acceptors (Lipinski definition) is 4. The van der Waals surface area contributed by atoms with Crippen molar-refractivity contribution >= 4 is 26.0 Å². The largest absolute Gasteiger partial charge is 0.573 e. The molecule has 2 rings (SSSR count). The van der Waals surface area contributed by atoms with Crippen molar-refractivity contribution in [3.8, 4) is 5.75 Å². The Hall–Kier alpha value is -0.840. The Labute approximate surface area is 140 Å². The van der Waals surface area contributed by atoms with Gasteiger partial charge in [-0.3, -0.25) is 0 Å². The molecule has 23 heavy (non-hydrogen) atoms. The summed E-state index contributed by atoms with van der Waals surface area (Å²) in [6.45, 7) is 0. The van der Waals surface area contributed by atoms with Crippen LogP contribution in [0.15, 0.2) is 27.6 Å². The number of aliphatic hydroxyl groups is 1. The van der Waals surface area contributed by atoms with E-state index in [-0.39, 0.29) is 0 Å². The molecule has 0 radical (unpaired) electrons. The fraction of sp³-hybridized carbons (Fsp3) is 0.538. The average Bonchev–Trinajstić information content (AvgIpc) is 2.41. The standard InChI is InChI=1S/C13H15BrF3NO4S/c14-8-1-6-11(22-13(15,16)17)12(7-8)23(20,21)18-9-2-4-10(19)5-3-9/h1,6-7,9-10,18-19H,2-5H2/t9-,10-. The smallest absolute Gasteiger partial charge is 0.404 e. The summed E-state index contributed by atoms with van der Waals surface area (Å²) in [5.74, 6) is -0.788. The fourth-order valence-corrected chi connectivity index (χ4v) is 4.35. The van der Waals surface area contributed by atoms with Crippen molar-refractivity contribution < 1.29 is 31.4 Å². The van der Waals surface area contributed by atoms with Crippen LogP contribution in [0.5, 0.6) is 5.75 Å². The normalized spacial score (nSPS) is 22.8. The van der Waals surface area contributed by atoms with Crippen molar-refractivity contribution in [3.63, 3.8) is 0 Å². The zero-order valence-electron chi connectivity index (χ0n) is 11.8. The van der Waals surface area contributed by atoms with E-state index in [0.29, 0.717) is 30.2 Å². The van der Waals surface area contributed by atoms with Crippen LogP contribution in [-0.2, 0) is 10.0 Å². The van der Waals surface area contributed by atoms with Crippen molar-refractivity contribution in [2.24, 2.45) is 0 Å². The first kappa shape index (κ1) is 18.5. The lowest BCUT2D eigenvalue weighted by Gasteiger charge is -2.26. The van der Waals surface area contributed by atoms with Gasteiger partial charge in [-0.2, -0.15) is 0 Å². The molecule has 1 aromatic rings. The summed E-state index contributed by atoms with van der Waals surface area (Å²) in [6.07, 6.45) is -3.73. The molecular weight excluding hydrogens is 403 g/mol. The third-order valence-electron chi connectivity index (χ3n) is 3.44. The van der Waals surface area contributed by atoms with Gasteiger partial charge in [-0.25, -0.2) is 13.1 Å². The SMILES string of the molecule is O=S(=O)(N[C@H]1CC[C@H](O)CC1)c1cc(Br)ccc1OC(F)(F)F. The van der Waals surface area contributed by atoms with Gasteiger partial charge in [0.05, 0.1) is 6.10 Å². The highest BCUT2D eigenvalue weighted by Gasteiger charge is 2.35. The summed E-state index contributed by atoms with van der Waals surface area (Å²) >= 11 is 3.04. The maximum atomic E-state index is 12.4. The van der Waals surface area contributed by atoms with Gasteiger partial charge >= 0.3 is 6.36 Å². The zero-order chi connectivity index (χ0) is 17.3. The van der Waals surface area contributed by atoms with Gasteiger partial charge in [-0.15, -0.1) is 13.2 Å². The predicted molar refractivity (Wildman–Crippen MR) is 79.4 cm³/mol. The molecule has 0 bridgehead atoms. The van der Waals surface area contributed by atoms with Crippen LogP contribution < -0.4 is 9.46 Å². The molecule has 5 nitrogen and oxygen atoms in total. The predicted octanol–water partition coefficient (Wildman–Crippen LogP) is 2.93. The van der Waals surface area contributed by atoms with E-state index in [9.17, 15) is 26.7 Å². The van der Waals surface area contributed by atoms with Gasteiger partial charge in [-0.05, 0) is 43.9 Å². The highest BCUT2D eigenvalue weighted by molar-refractivity contribution is 9.10. The number of halogens is 4. The molecule has 1 aliphatic carbocycles. The Morgan fingerprint density at radius 1 is 1.22 bits per heavy atom. The van der Waals surface area contributed by atoms with Gasteiger partial charge in [0.15, 0.2) is 0 Å². The Kier molecular flexibility index (Phi) is 5.59. The number of ether oxygens (including phenoxy) is 1. The molecule has 0 amide bonds. The Morgan fingerprint density at radius 3 is 2.39 bits per heavy atom. The molecule has 0 unspecified atom stereocenters. The summed E-state index contributed by atoms with van der Waals surface area (Å²) in [7, 11) is -4.19. The van der Waals surface area contributed by atoms with Crippen LogP contribution in [0.3, 0.4) is 0 Å². The van der Waals surface area contributed by atoms with Gasteiger partial charge in [-0.1, -0.05) is 15.9 Å². The van der Waals surface area contributed by atoms with E-state index in [1.165, 1.54) is 6.07 Å². The van der Waals surface area contributed by atoms with Crippen LogP contribution in [0.2, 0.25) is 0 Å². The van der Waals surface area contributed by atoms with Crippen molar-refractivity contribution in [2.45, 2.75) is 49.1 Å². The number of nitrogens with one attached hydrogen (secondary N) is 1. The molecule has 2 N–H and O–H groups in total. The Bertz CT molecular complexity index is 658. The third-order valence-corrected chi connectivity index (χ3v) is 5.47.